The standard InChI is InChI=1S/C25H21F2N3O5/c26-23(27)21(11-22(31)29-14-9-10-20(24(32)33)28-12-14)30-25(34)35-13-19-17-7-3-1-5-15(17)16-6-2-4-8-18(16)19/h1-10,12,19,21,23H,11,13H2,(H,29,31)(H,30,34)(H,32,33). The molecule has 0 fully saturated rings. The lowest BCUT2D eigenvalue weighted by molar-refractivity contribution is -0.117. The summed E-state index contributed by atoms with van der Waals surface area (Å²) < 4.78 is 32.3. The van der Waals surface area contributed by atoms with E-state index in [9.17, 15) is 23.2 Å². The molecule has 8 nitrogen and oxygen atoms in total. The molecule has 1 aliphatic carbocycles. The summed E-state index contributed by atoms with van der Waals surface area (Å²) in [5, 5.41) is 13.3. The van der Waals surface area contributed by atoms with Crippen molar-refractivity contribution in [2.45, 2.75) is 24.8 Å². The van der Waals surface area contributed by atoms with Gasteiger partial charge in [-0.3, -0.25) is 4.79 Å². The topological polar surface area (TPSA) is 118 Å². The van der Waals surface area contributed by atoms with Gasteiger partial charge in [0.25, 0.3) is 6.43 Å². The van der Waals surface area contributed by atoms with Crippen LogP contribution < -0.4 is 10.6 Å². The number of carboxylic acid groups (broad SMARTS) is 1. The SMILES string of the molecule is O=C(CC(NC(=O)OCC1c2ccccc2-c2ccccc21)C(F)F)Nc1ccc(C(=O)O)nc1. The molecule has 10 heteroatoms. The highest BCUT2D eigenvalue weighted by atomic mass is 19.3. The Morgan fingerprint density at radius 1 is 0.971 bits per heavy atom. The lowest BCUT2D eigenvalue weighted by Crippen LogP contribution is -2.43. The third-order valence-corrected chi connectivity index (χ3v) is 5.62. The number of benzene rings is 2. The number of nitrogens with zero attached hydrogens (tertiary/aromatic N) is 1. The second-order valence-corrected chi connectivity index (χ2v) is 7.90. The fourth-order valence-corrected chi connectivity index (χ4v) is 4.00. The average Bonchev–Trinajstić information content (AvgIpc) is 3.16. The number of fused-ring (bicyclic) bond motifs is 3. The number of hydrogen-bond donors (Lipinski definition) is 3. The summed E-state index contributed by atoms with van der Waals surface area (Å²) in [5.41, 5.74) is 3.93. The summed E-state index contributed by atoms with van der Waals surface area (Å²) in [5.74, 6) is -2.28. The Hall–Kier alpha value is -4.34. The Morgan fingerprint density at radius 2 is 1.60 bits per heavy atom. The summed E-state index contributed by atoms with van der Waals surface area (Å²) in [6.07, 6.45) is -3.70. The Kier molecular flexibility index (Phi) is 7.00. The molecule has 3 N–H and O–H groups in total. The summed E-state index contributed by atoms with van der Waals surface area (Å²) in [4.78, 5) is 39.0. The quantitative estimate of drug-likeness (QED) is 0.442. The first kappa shape index (κ1) is 23.8. The minimum atomic E-state index is -3.02. The maximum atomic E-state index is 13.5. The van der Waals surface area contributed by atoms with Crippen molar-refractivity contribution in [2.75, 3.05) is 11.9 Å². The van der Waals surface area contributed by atoms with Gasteiger partial charge in [0.1, 0.15) is 18.3 Å². The highest BCUT2D eigenvalue weighted by Gasteiger charge is 2.30. The van der Waals surface area contributed by atoms with Crippen molar-refractivity contribution in [3.63, 3.8) is 0 Å². The van der Waals surface area contributed by atoms with E-state index in [2.05, 4.69) is 15.6 Å². The number of carbonyl (C=O) groups excluding carboxylic acids is 2. The Morgan fingerprint density at radius 3 is 2.14 bits per heavy atom. The van der Waals surface area contributed by atoms with Gasteiger partial charge >= 0.3 is 12.1 Å². The van der Waals surface area contributed by atoms with Crippen molar-refractivity contribution in [3.8, 4) is 11.1 Å². The molecule has 0 spiro atoms. The monoisotopic (exact) mass is 481 g/mol. The van der Waals surface area contributed by atoms with E-state index in [1.807, 2.05) is 48.5 Å². The van der Waals surface area contributed by atoms with Crippen LogP contribution >= 0.6 is 0 Å². The lowest BCUT2D eigenvalue weighted by atomic mass is 9.98. The van der Waals surface area contributed by atoms with Crippen LogP contribution in [0.3, 0.4) is 0 Å². The van der Waals surface area contributed by atoms with E-state index in [1.165, 1.54) is 6.07 Å². The maximum Gasteiger partial charge on any atom is 0.407 e. The smallest absolute Gasteiger partial charge is 0.407 e. The summed E-state index contributed by atoms with van der Waals surface area (Å²) >= 11 is 0. The van der Waals surface area contributed by atoms with E-state index < -0.39 is 36.9 Å². The zero-order valence-electron chi connectivity index (χ0n) is 18.3. The number of hydrogen-bond acceptors (Lipinski definition) is 5. The first-order valence-corrected chi connectivity index (χ1v) is 10.7. The molecule has 1 heterocycles. The number of halogens is 2. The normalized spacial score (nSPS) is 13.0. The first-order valence-electron chi connectivity index (χ1n) is 10.7. The molecule has 1 aliphatic rings. The largest absolute Gasteiger partial charge is 0.477 e. The van der Waals surface area contributed by atoms with Gasteiger partial charge in [0.05, 0.1) is 18.3 Å². The number of ether oxygens (including phenoxy) is 1. The van der Waals surface area contributed by atoms with Crippen molar-refractivity contribution in [2.24, 2.45) is 0 Å². The molecule has 180 valence electrons. The van der Waals surface area contributed by atoms with Crippen LogP contribution in [0, 0.1) is 0 Å². The number of pyridine rings is 1. The van der Waals surface area contributed by atoms with Gasteiger partial charge in [0.2, 0.25) is 5.91 Å². The molecule has 1 atom stereocenters. The van der Waals surface area contributed by atoms with Crippen molar-refractivity contribution >= 4 is 23.7 Å². The third-order valence-electron chi connectivity index (χ3n) is 5.62. The number of rotatable bonds is 8. The number of carboxylic acids is 1. The summed E-state index contributed by atoms with van der Waals surface area (Å²) in [6, 6.07) is 16.1. The fourth-order valence-electron chi connectivity index (χ4n) is 4.00. The number of aromatic carboxylic acids is 1. The molecule has 35 heavy (non-hydrogen) atoms. The third kappa shape index (κ3) is 5.43. The minimum Gasteiger partial charge on any atom is -0.477 e. The first-order chi connectivity index (χ1) is 16.8. The second-order valence-electron chi connectivity index (χ2n) is 7.90. The van der Waals surface area contributed by atoms with Gasteiger partial charge < -0.3 is 20.5 Å². The highest BCUT2D eigenvalue weighted by Crippen LogP contribution is 2.44. The van der Waals surface area contributed by atoms with Crippen LogP contribution in [-0.4, -0.2) is 47.1 Å². The predicted octanol–water partition coefficient (Wildman–Crippen LogP) is 4.28. The molecule has 2 aromatic carbocycles. The van der Waals surface area contributed by atoms with Crippen LogP contribution in [0.5, 0.6) is 0 Å². The van der Waals surface area contributed by atoms with Crippen molar-refractivity contribution in [3.05, 3.63) is 83.7 Å². The molecular weight excluding hydrogens is 460 g/mol. The average molecular weight is 481 g/mol. The van der Waals surface area contributed by atoms with Crippen LogP contribution in [0.1, 0.15) is 34.0 Å². The number of carbonyl (C=O) groups is 3. The van der Waals surface area contributed by atoms with Gasteiger partial charge in [-0.1, -0.05) is 48.5 Å². The number of alkyl carbamates (subject to hydrolysis) is 1. The summed E-state index contributed by atoms with van der Waals surface area (Å²) in [6.45, 7) is -0.0520. The molecule has 0 bridgehead atoms. The van der Waals surface area contributed by atoms with Crippen LogP contribution in [0.2, 0.25) is 0 Å². The van der Waals surface area contributed by atoms with E-state index in [-0.39, 0.29) is 23.9 Å². The van der Waals surface area contributed by atoms with Crippen LogP contribution in [0.25, 0.3) is 11.1 Å². The lowest BCUT2D eigenvalue weighted by Gasteiger charge is -2.19. The predicted molar refractivity (Wildman–Crippen MR) is 122 cm³/mol. The van der Waals surface area contributed by atoms with E-state index in [0.717, 1.165) is 34.5 Å². The van der Waals surface area contributed by atoms with Crippen LogP contribution in [0.15, 0.2) is 66.9 Å². The van der Waals surface area contributed by atoms with E-state index in [4.69, 9.17) is 9.84 Å². The molecule has 1 aromatic heterocycles. The highest BCUT2D eigenvalue weighted by molar-refractivity contribution is 5.92. The van der Waals surface area contributed by atoms with Crippen LogP contribution in [0.4, 0.5) is 19.3 Å². The van der Waals surface area contributed by atoms with Crippen LogP contribution in [-0.2, 0) is 9.53 Å². The molecule has 1 unspecified atom stereocenters. The zero-order chi connectivity index (χ0) is 24.9. The van der Waals surface area contributed by atoms with Gasteiger partial charge in [-0.05, 0) is 34.4 Å². The molecule has 0 radical (unpaired) electrons. The fraction of sp³-hybridized carbons (Fsp3) is 0.200. The maximum absolute atomic E-state index is 13.5. The van der Waals surface area contributed by atoms with Gasteiger partial charge in [0, 0.05) is 5.92 Å². The Bertz CT molecular complexity index is 1200. The van der Waals surface area contributed by atoms with Gasteiger partial charge in [0.15, 0.2) is 0 Å². The Balaban J connectivity index is 1.34. The van der Waals surface area contributed by atoms with Crippen molar-refractivity contribution in [1.29, 1.82) is 0 Å². The summed E-state index contributed by atoms with van der Waals surface area (Å²) in [7, 11) is 0. The molecule has 4 rings (SSSR count). The molecule has 3 aromatic rings. The number of alkyl halides is 2. The zero-order valence-corrected chi connectivity index (χ0v) is 18.3. The van der Waals surface area contributed by atoms with Gasteiger partial charge in [-0.15, -0.1) is 0 Å². The molecule has 0 saturated carbocycles. The number of aromatic nitrogens is 1. The molecule has 0 saturated heterocycles. The number of anilines is 1. The van der Waals surface area contributed by atoms with Crippen molar-refractivity contribution in [1.82, 2.24) is 10.3 Å². The van der Waals surface area contributed by atoms with Gasteiger partial charge in [-0.2, -0.15) is 0 Å². The molecule has 0 aliphatic heterocycles. The minimum absolute atomic E-state index is 0.0520. The molecule has 2 amide bonds. The van der Waals surface area contributed by atoms with Crippen molar-refractivity contribution < 1.29 is 33.0 Å². The number of amides is 2. The van der Waals surface area contributed by atoms with E-state index in [1.54, 1.807) is 0 Å². The van der Waals surface area contributed by atoms with E-state index in [0.29, 0.717) is 0 Å². The second kappa shape index (κ2) is 10.3. The van der Waals surface area contributed by atoms with Gasteiger partial charge in [-0.25, -0.2) is 23.4 Å². The number of nitrogens with one attached hydrogen (secondary N) is 2. The molecular formula is C25H21F2N3O5. The van der Waals surface area contributed by atoms with E-state index >= 15 is 0 Å². The Labute approximate surface area is 199 Å².